The van der Waals surface area contributed by atoms with Crippen LogP contribution in [0.3, 0.4) is 0 Å². The van der Waals surface area contributed by atoms with E-state index in [1.165, 1.54) is 12.8 Å². The van der Waals surface area contributed by atoms with Crippen LogP contribution in [0.1, 0.15) is 45.9 Å². The van der Waals surface area contributed by atoms with Crippen molar-refractivity contribution < 1.29 is 4.74 Å². The van der Waals surface area contributed by atoms with E-state index >= 15 is 0 Å². The molecule has 0 aliphatic heterocycles. The molecule has 1 saturated carbocycles. The third-order valence-corrected chi connectivity index (χ3v) is 3.49. The van der Waals surface area contributed by atoms with Gasteiger partial charge in [-0.3, -0.25) is 0 Å². The summed E-state index contributed by atoms with van der Waals surface area (Å²) in [7, 11) is 0. The number of aromatic nitrogens is 2. The van der Waals surface area contributed by atoms with Crippen LogP contribution < -0.4 is 10.6 Å². The lowest BCUT2D eigenvalue weighted by molar-refractivity contribution is 0.128. The Kier molecular flexibility index (Phi) is 5.59. The van der Waals surface area contributed by atoms with Gasteiger partial charge in [-0.15, -0.1) is 0 Å². The van der Waals surface area contributed by atoms with Gasteiger partial charge in [0.15, 0.2) is 5.82 Å². The lowest BCUT2D eigenvalue weighted by Gasteiger charge is -2.33. The predicted molar refractivity (Wildman–Crippen MR) is 82.0 cm³/mol. The Bertz CT molecular complexity index is 392. The molecule has 20 heavy (non-hydrogen) atoms. The molecule has 1 aromatic heterocycles. The second-order valence-electron chi connectivity index (χ2n) is 5.54. The van der Waals surface area contributed by atoms with E-state index in [4.69, 9.17) is 4.74 Å². The van der Waals surface area contributed by atoms with Gasteiger partial charge >= 0.3 is 0 Å². The largest absolute Gasteiger partial charge is 0.374 e. The Morgan fingerprint density at radius 3 is 2.65 bits per heavy atom. The Morgan fingerprint density at radius 2 is 2.00 bits per heavy atom. The van der Waals surface area contributed by atoms with E-state index in [1.807, 2.05) is 13.0 Å². The maximum atomic E-state index is 5.42. The molecule has 1 heterocycles. The molecule has 2 rings (SSSR count). The summed E-state index contributed by atoms with van der Waals surface area (Å²) in [6.07, 6.45) is 3.53. The highest BCUT2D eigenvalue weighted by Gasteiger charge is 2.25. The molecule has 112 valence electrons. The highest BCUT2D eigenvalue weighted by Crippen LogP contribution is 2.29. The fraction of sp³-hybridized carbons (Fsp3) is 0.733. The summed E-state index contributed by atoms with van der Waals surface area (Å²) >= 11 is 0. The van der Waals surface area contributed by atoms with Crippen molar-refractivity contribution in [3.05, 3.63) is 11.9 Å². The van der Waals surface area contributed by atoms with E-state index in [1.54, 1.807) is 0 Å². The first-order chi connectivity index (χ1) is 9.71. The average Bonchev–Trinajstić information content (AvgIpc) is 2.41. The van der Waals surface area contributed by atoms with Crippen LogP contribution in [0, 0.1) is 5.92 Å². The van der Waals surface area contributed by atoms with Crippen LogP contribution >= 0.6 is 0 Å². The lowest BCUT2D eigenvalue weighted by Crippen LogP contribution is -2.34. The molecule has 1 aliphatic carbocycles. The number of rotatable bonds is 8. The van der Waals surface area contributed by atoms with Gasteiger partial charge in [0.25, 0.3) is 0 Å². The third-order valence-electron chi connectivity index (χ3n) is 3.49. The molecule has 1 aliphatic rings. The molecule has 1 aromatic rings. The van der Waals surface area contributed by atoms with Gasteiger partial charge < -0.3 is 15.4 Å². The monoisotopic (exact) mass is 278 g/mol. The second-order valence-corrected chi connectivity index (χ2v) is 5.54. The SMILES string of the molecule is CCCNc1cc(NC2CC(C)C2)nc(COCC)n1. The second kappa shape index (κ2) is 7.43. The van der Waals surface area contributed by atoms with E-state index in [0.717, 1.165) is 36.3 Å². The van der Waals surface area contributed by atoms with Gasteiger partial charge in [0, 0.05) is 25.3 Å². The van der Waals surface area contributed by atoms with Crippen molar-refractivity contribution in [3.63, 3.8) is 0 Å². The summed E-state index contributed by atoms with van der Waals surface area (Å²) in [5, 5.41) is 6.82. The van der Waals surface area contributed by atoms with Gasteiger partial charge in [-0.1, -0.05) is 13.8 Å². The maximum absolute atomic E-state index is 5.42. The highest BCUT2D eigenvalue weighted by atomic mass is 16.5. The minimum Gasteiger partial charge on any atom is -0.374 e. The van der Waals surface area contributed by atoms with Crippen LogP contribution in [0.5, 0.6) is 0 Å². The van der Waals surface area contributed by atoms with Crippen LogP contribution in [-0.2, 0) is 11.3 Å². The van der Waals surface area contributed by atoms with Crippen molar-refractivity contribution >= 4 is 11.6 Å². The zero-order chi connectivity index (χ0) is 14.4. The summed E-state index contributed by atoms with van der Waals surface area (Å²) in [4.78, 5) is 9.03. The van der Waals surface area contributed by atoms with Crippen LogP contribution in [0.2, 0.25) is 0 Å². The average molecular weight is 278 g/mol. The quantitative estimate of drug-likeness (QED) is 0.765. The van der Waals surface area contributed by atoms with Crippen molar-refractivity contribution in [1.82, 2.24) is 9.97 Å². The fourth-order valence-corrected chi connectivity index (χ4v) is 2.40. The van der Waals surface area contributed by atoms with Gasteiger partial charge in [0.2, 0.25) is 0 Å². The molecule has 1 fully saturated rings. The van der Waals surface area contributed by atoms with E-state index in [2.05, 4.69) is 34.4 Å². The van der Waals surface area contributed by atoms with Gasteiger partial charge in [0.05, 0.1) is 0 Å². The van der Waals surface area contributed by atoms with Gasteiger partial charge in [-0.25, -0.2) is 9.97 Å². The van der Waals surface area contributed by atoms with Gasteiger partial charge in [-0.05, 0) is 32.1 Å². The fourth-order valence-electron chi connectivity index (χ4n) is 2.40. The molecule has 0 aromatic carbocycles. The summed E-state index contributed by atoms with van der Waals surface area (Å²) in [6, 6.07) is 2.55. The van der Waals surface area contributed by atoms with E-state index in [-0.39, 0.29) is 0 Å². The summed E-state index contributed by atoms with van der Waals surface area (Å²) in [5.74, 6) is 3.36. The first-order valence-corrected chi connectivity index (χ1v) is 7.67. The minimum absolute atomic E-state index is 0.466. The maximum Gasteiger partial charge on any atom is 0.158 e. The molecule has 0 atom stereocenters. The standard InChI is InChI=1S/C15H26N4O/c1-4-6-16-13-9-14(17-12-7-11(3)8-12)19-15(18-13)10-20-5-2/h9,11-12H,4-8,10H2,1-3H3,(H2,16,17,18,19). The molecule has 0 saturated heterocycles. The van der Waals surface area contributed by atoms with E-state index < -0.39 is 0 Å². The highest BCUT2D eigenvalue weighted by molar-refractivity contribution is 5.48. The number of nitrogens with one attached hydrogen (secondary N) is 2. The smallest absolute Gasteiger partial charge is 0.158 e. The Hall–Kier alpha value is -1.36. The summed E-state index contributed by atoms with van der Waals surface area (Å²) in [5.41, 5.74) is 0. The summed E-state index contributed by atoms with van der Waals surface area (Å²) in [6.45, 7) is 8.48. The van der Waals surface area contributed by atoms with Crippen molar-refractivity contribution in [2.24, 2.45) is 5.92 Å². The zero-order valence-corrected chi connectivity index (χ0v) is 12.8. The molecule has 0 spiro atoms. The normalized spacial score (nSPS) is 21.4. The van der Waals surface area contributed by atoms with Crippen LogP contribution in [0.25, 0.3) is 0 Å². The first kappa shape index (κ1) is 15.0. The number of ether oxygens (including phenoxy) is 1. The van der Waals surface area contributed by atoms with Crippen LogP contribution in [0.15, 0.2) is 6.07 Å². The molecule has 5 nitrogen and oxygen atoms in total. The van der Waals surface area contributed by atoms with Gasteiger partial charge in [0.1, 0.15) is 18.2 Å². The van der Waals surface area contributed by atoms with Crippen LogP contribution in [0.4, 0.5) is 11.6 Å². The third kappa shape index (κ3) is 4.34. The molecule has 0 unspecified atom stereocenters. The Morgan fingerprint density at radius 1 is 1.25 bits per heavy atom. The van der Waals surface area contributed by atoms with Gasteiger partial charge in [-0.2, -0.15) is 0 Å². The zero-order valence-electron chi connectivity index (χ0n) is 12.8. The predicted octanol–water partition coefficient (Wildman–Crippen LogP) is 3.05. The number of hydrogen-bond acceptors (Lipinski definition) is 5. The molecular formula is C15H26N4O. The summed E-state index contributed by atoms with van der Waals surface area (Å²) < 4.78 is 5.42. The number of nitrogens with zero attached hydrogens (tertiary/aromatic N) is 2. The Labute approximate surface area is 121 Å². The molecule has 0 bridgehead atoms. The molecular weight excluding hydrogens is 252 g/mol. The topological polar surface area (TPSA) is 59.1 Å². The molecule has 0 amide bonds. The van der Waals surface area contributed by atoms with Crippen molar-refractivity contribution in [1.29, 1.82) is 0 Å². The molecule has 2 N–H and O–H groups in total. The number of anilines is 2. The Balaban J connectivity index is 2.03. The first-order valence-electron chi connectivity index (χ1n) is 7.67. The molecule has 5 heteroatoms. The molecule has 0 radical (unpaired) electrons. The van der Waals surface area contributed by atoms with E-state index in [9.17, 15) is 0 Å². The van der Waals surface area contributed by atoms with E-state index in [0.29, 0.717) is 19.3 Å². The number of hydrogen-bond donors (Lipinski definition) is 2. The van der Waals surface area contributed by atoms with Crippen LogP contribution in [-0.4, -0.2) is 29.2 Å². The van der Waals surface area contributed by atoms with Crippen molar-refractivity contribution in [2.75, 3.05) is 23.8 Å². The van der Waals surface area contributed by atoms with Crippen molar-refractivity contribution in [3.8, 4) is 0 Å². The minimum atomic E-state index is 0.466. The lowest BCUT2D eigenvalue weighted by atomic mass is 9.82. The van der Waals surface area contributed by atoms with Crippen molar-refractivity contribution in [2.45, 2.75) is 52.7 Å².